The second kappa shape index (κ2) is 5.61. The van der Waals surface area contributed by atoms with Crippen molar-refractivity contribution in [3.63, 3.8) is 0 Å². The molecular formula is C13H14BrNO4. The van der Waals surface area contributed by atoms with E-state index in [9.17, 15) is 19.8 Å². The third kappa shape index (κ3) is 3.26. The van der Waals surface area contributed by atoms with Gasteiger partial charge in [-0.1, -0.05) is 28.1 Å². The van der Waals surface area contributed by atoms with E-state index >= 15 is 0 Å². The smallest absolute Gasteiger partial charge is 0.326 e. The fraction of sp³-hybridized carbons (Fsp3) is 0.385. The first kappa shape index (κ1) is 13.9. The standard InChI is InChI=1S/C13H14BrNO4/c14-9-6-12(17)15(7-9)11(13(18)19)5-8-2-1-3-10(16)4-8/h1-4,9,11,16H,5-7H2,(H,18,19). The number of rotatable bonds is 4. The van der Waals surface area contributed by atoms with E-state index in [1.54, 1.807) is 12.1 Å². The highest BCUT2D eigenvalue weighted by atomic mass is 79.9. The van der Waals surface area contributed by atoms with Crippen molar-refractivity contribution in [3.05, 3.63) is 29.8 Å². The Morgan fingerprint density at radius 3 is 2.79 bits per heavy atom. The van der Waals surface area contributed by atoms with Crippen LogP contribution in [-0.2, 0) is 16.0 Å². The van der Waals surface area contributed by atoms with Gasteiger partial charge in [0.05, 0.1) is 0 Å². The summed E-state index contributed by atoms with van der Waals surface area (Å²) in [6.45, 7) is 0.397. The van der Waals surface area contributed by atoms with Crippen molar-refractivity contribution in [3.8, 4) is 5.75 Å². The van der Waals surface area contributed by atoms with Crippen LogP contribution in [0.3, 0.4) is 0 Å². The van der Waals surface area contributed by atoms with E-state index in [1.807, 2.05) is 0 Å². The lowest BCUT2D eigenvalue weighted by molar-refractivity contribution is -0.148. The number of hydrogen-bond acceptors (Lipinski definition) is 3. The van der Waals surface area contributed by atoms with Crippen molar-refractivity contribution >= 4 is 27.8 Å². The number of phenolic OH excluding ortho intramolecular Hbond substituents is 1. The van der Waals surface area contributed by atoms with Gasteiger partial charge in [0.15, 0.2) is 0 Å². The summed E-state index contributed by atoms with van der Waals surface area (Å²) in [6, 6.07) is 5.54. The minimum absolute atomic E-state index is 0.00558. The summed E-state index contributed by atoms with van der Waals surface area (Å²) in [5.41, 5.74) is 0.693. The Balaban J connectivity index is 2.17. The number of nitrogens with zero attached hydrogens (tertiary/aromatic N) is 1. The summed E-state index contributed by atoms with van der Waals surface area (Å²) < 4.78 is 0. The third-order valence-corrected chi connectivity index (χ3v) is 3.73. The van der Waals surface area contributed by atoms with Crippen molar-refractivity contribution in [1.82, 2.24) is 4.90 Å². The van der Waals surface area contributed by atoms with Gasteiger partial charge >= 0.3 is 5.97 Å². The molecule has 0 aliphatic carbocycles. The molecule has 1 aliphatic heterocycles. The van der Waals surface area contributed by atoms with E-state index in [1.165, 1.54) is 17.0 Å². The van der Waals surface area contributed by atoms with Gasteiger partial charge in [0.25, 0.3) is 0 Å². The highest BCUT2D eigenvalue weighted by molar-refractivity contribution is 9.09. The maximum absolute atomic E-state index is 11.8. The van der Waals surface area contributed by atoms with Crippen LogP contribution in [0.4, 0.5) is 0 Å². The first-order valence-corrected chi connectivity index (χ1v) is 6.83. The van der Waals surface area contributed by atoms with Gasteiger partial charge in [0.2, 0.25) is 5.91 Å². The number of carboxylic acid groups (broad SMARTS) is 1. The van der Waals surface area contributed by atoms with Crippen molar-refractivity contribution < 1.29 is 19.8 Å². The topological polar surface area (TPSA) is 77.8 Å². The highest BCUT2D eigenvalue weighted by Gasteiger charge is 2.36. The fourth-order valence-corrected chi connectivity index (χ4v) is 2.81. The number of carboxylic acids is 1. The van der Waals surface area contributed by atoms with Crippen LogP contribution in [0.25, 0.3) is 0 Å². The molecule has 0 radical (unpaired) electrons. The van der Waals surface area contributed by atoms with Crippen molar-refractivity contribution in [2.75, 3.05) is 6.54 Å². The van der Waals surface area contributed by atoms with Gasteiger partial charge in [0.1, 0.15) is 11.8 Å². The SMILES string of the molecule is O=C(O)C(Cc1cccc(O)c1)N1CC(Br)CC1=O. The lowest BCUT2D eigenvalue weighted by Gasteiger charge is -2.24. The van der Waals surface area contributed by atoms with Gasteiger partial charge in [0, 0.05) is 24.2 Å². The number of amides is 1. The lowest BCUT2D eigenvalue weighted by Crippen LogP contribution is -2.43. The zero-order valence-corrected chi connectivity index (χ0v) is 11.7. The molecule has 2 unspecified atom stereocenters. The molecule has 0 saturated carbocycles. The predicted molar refractivity (Wildman–Crippen MR) is 72.3 cm³/mol. The van der Waals surface area contributed by atoms with E-state index < -0.39 is 12.0 Å². The Morgan fingerprint density at radius 2 is 2.26 bits per heavy atom. The molecule has 0 spiro atoms. The first-order chi connectivity index (χ1) is 8.97. The number of halogens is 1. The molecule has 6 heteroatoms. The Hall–Kier alpha value is -1.56. The number of aliphatic carboxylic acids is 1. The van der Waals surface area contributed by atoms with Crippen LogP contribution in [-0.4, -0.2) is 44.4 Å². The molecule has 0 aromatic heterocycles. The van der Waals surface area contributed by atoms with Crippen LogP contribution in [0, 0.1) is 0 Å². The number of aromatic hydroxyl groups is 1. The summed E-state index contributed by atoms with van der Waals surface area (Å²) in [6.07, 6.45) is 0.513. The van der Waals surface area contributed by atoms with Gasteiger partial charge in [-0.2, -0.15) is 0 Å². The monoisotopic (exact) mass is 327 g/mol. The molecule has 1 heterocycles. The van der Waals surface area contributed by atoms with Gasteiger partial charge < -0.3 is 15.1 Å². The molecule has 2 N–H and O–H groups in total. The molecule has 2 atom stereocenters. The van der Waals surface area contributed by atoms with Gasteiger partial charge in [-0.25, -0.2) is 4.79 Å². The van der Waals surface area contributed by atoms with Crippen LogP contribution in [0.15, 0.2) is 24.3 Å². The van der Waals surface area contributed by atoms with Gasteiger partial charge in [-0.05, 0) is 17.7 Å². The molecule has 1 amide bonds. The van der Waals surface area contributed by atoms with E-state index in [-0.39, 0.29) is 22.9 Å². The normalized spacial score (nSPS) is 20.6. The van der Waals surface area contributed by atoms with Crippen LogP contribution in [0.2, 0.25) is 0 Å². The van der Waals surface area contributed by atoms with Crippen LogP contribution in [0.1, 0.15) is 12.0 Å². The lowest BCUT2D eigenvalue weighted by atomic mass is 10.0. The average molecular weight is 328 g/mol. The van der Waals surface area contributed by atoms with E-state index in [0.29, 0.717) is 18.5 Å². The molecule has 1 fully saturated rings. The molecule has 102 valence electrons. The molecule has 19 heavy (non-hydrogen) atoms. The van der Waals surface area contributed by atoms with E-state index in [0.717, 1.165) is 0 Å². The predicted octanol–water partition coefficient (Wildman–Crippen LogP) is 1.38. The number of carbonyl (C=O) groups excluding carboxylic acids is 1. The second-order valence-electron chi connectivity index (χ2n) is 4.58. The summed E-state index contributed by atoms with van der Waals surface area (Å²) in [7, 11) is 0. The summed E-state index contributed by atoms with van der Waals surface area (Å²) >= 11 is 3.34. The molecule has 1 aromatic rings. The quantitative estimate of drug-likeness (QED) is 0.819. The molecule has 1 aromatic carbocycles. The summed E-state index contributed by atoms with van der Waals surface area (Å²) in [4.78, 5) is 24.5. The number of hydrogen-bond donors (Lipinski definition) is 2. The second-order valence-corrected chi connectivity index (χ2v) is 5.87. The highest BCUT2D eigenvalue weighted by Crippen LogP contribution is 2.23. The molecule has 2 rings (SSSR count). The third-order valence-electron chi connectivity index (χ3n) is 3.11. The Labute approximate surface area is 119 Å². The van der Waals surface area contributed by atoms with E-state index in [4.69, 9.17) is 0 Å². The van der Waals surface area contributed by atoms with Gasteiger partial charge in [-0.3, -0.25) is 4.79 Å². The van der Waals surface area contributed by atoms with Crippen LogP contribution >= 0.6 is 15.9 Å². The molecule has 5 nitrogen and oxygen atoms in total. The first-order valence-electron chi connectivity index (χ1n) is 5.91. The summed E-state index contributed by atoms with van der Waals surface area (Å²) in [5, 5.41) is 18.7. The number of likely N-dealkylation sites (tertiary alicyclic amines) is 1. The Bertz CT molecular complexity index is 505. The Kier molecular flexibility index (Phi) is 4.09. The number of carbonyl (C=O) groups is 2. The maximum atomic E-state index is 11.8. The van der Waals surface area contributed by atoms with Crippen molar-refractivity contribution in [2.24, 2.45) is 0 Å². The number of benzene rings is 1. The maximum Gasteiger partial charge on any atom is 0.326 e. The molecule has 1 aliphatic rings. The fourth-order valence-electron chi connectivity index (χ4n) is 2.23. The molecular weight excluding hydrogens is 314 g/mol. The number of alkyl halides is 1. The molecule has 0 bridgehead atoms. The minimum atomic E-state index is -1.03. The number of phenols is 1. The summed E-state index contributed by atoms with van der Waals surface area (Å²) in [5.74, 6) is -1.10. The van der Waals surface area contributed by atoms with Crippen LogP contribution < -0.4 is 0 Å². The molecule has 1 saturated heterocycles. The Morgan fingerprint density at radius 1 is 1.53 bits per heavy atom. The zero-order valence-electron chi connectivity index (χ0n) is 10.1. The van der Waals surface area contributed by atoms with Crippen molar-refractivity contribution in [2.45, 2.75) is 23.7 Å². The van der Waals surface area contributed by atoms with Gasteiger partial charge in [-0.15, -0.1) is 0 Å². The largest absolute Gasteiger partial charge is 0.508 e. The minimum Gasteiger partial charge on any atom is -0.508 e. The van der Waals surface area contributed by atoms with E-state index in [2.05, 4.69) is 15.9 Å². The zero-order chi connectivity index (χ0) is 14.0. The average Bonchev–Trinajstić information content (AvgIpc) is 2.65. The van der Waals surface area contributed by atoms with Crippen LogP contribution in [0.5, 0.6) is 5.75 Å². The van der Waals surface area contributed by atoms with Crippen molar-refractivity contribution in [1.29, 1.82) is 0 Å².